The maximum absolute atomic E-state index is 12.0. The van der Waals surface area contributed by atoms with Crippen molar-refractivity contribution in [2.45, 2.75) is 24.8 Å². The van der Waals surface area contributed by atoms with Crippen molar-refractivity contribution in [2.75, 3.05) is 13.2 Å². The first-order valence-corrected chi connectivity index (χ1v) is 4.65. The number of halogens is 6. The van der Waals surface area contributed by atoms with Gasteiger partial charge in [-0.15, -0.1) is 0 Å². The SMILES string of the molecule is N[C@@H](COCCC(C(F)(F)F)C(F)(F)F)C(=O)O. The van der Waals surface area contributed by atoms with Crippen LogP contribution < -0.4 is 5.73 Å². The summed E-state index contributed by atoms with van der Waals surface area (Å²) in [6.07, 6.45) is -12.2. The molecule has 0 spiro atoms. The lowest BCUT2D eigenvalue weighted by Crippen LogP contribution is -2.38. The van der Waals surface area contributed by atoms with Crippen molar-refractivity contribution < 1.29 is 41.0 Å². The number of hydrogen-bond donors (Lipinski definition) is 2. The molecule has 0 aromatic heterocycles. The summed E-state index contributed by atoms with van der Waals surface area (Å²) < 4.78 is 76.6. The molecular weight excluding hydrogens is 272 g/mol. The molecule has 0 amide bonds. The fraction of sp³-hybridized carbons (Fsp3) is 0.875. The highest BCUT2D eigenvalue weighted by atomic mass is 19.4. The molecule has 0 saturated carbocycles. The lowest BCUT2D eigenvalue weighted by Gasteiger charge is -2.22. The van der Waals surface area contributed by atoms with E-state index in [1.54, 1.807) is 0 Å². The average Bonchev–Trinajstić information content (AvgIpc) is 2.12. The van der Waals surface area contributed by atoms with Crippen LogP contribution in [0.2, 0.25) is 0 Å². The molecule has 0 bridgehead atoms. The molecule has 0 saturated heterocycles. The monoisotopic (exact) mass is 283 g/mol. The van der Waals surface area contributed by atoms with Gasteiger partial charge in [-0.1, -0.05) is 0 Å². The molecule has 0 radical (unpaired) electrons. The van der Waals surface area contributed by atoms with E-state index in [-0.39, 0.29) is 0 Å². The highest BCUT2D eigenvalue weighted by Gasteiger charge is 2.55. The molecular formula is C8H11F6NO3. The Balaban J connectivity index is 4.19. The molecule has 0 aliphatic heterocycles. The van der Waals surface area contributed by atoms with Gasteiger partial charge in [0.15, 0.2) is 5.92 Å². The molecule has 0 unspecified atom stereocenters. The van der Waals surface area contributed by atoms with E-state index in [1.807, 2.05) is 0 Å². The van der Waals surface area contributed by atoms with Crippen molar-refractivity contribution in [1.82, 2.24) is 0 Å². The number of ether oxygens (including phenoxy) is 1. The minimum Gasteiger partial charge on any atom is -0.480 e. The van der Waals surface area contributed by atoms with Crippen molar-refractivity contribution >= 4 is 5.97 Å². The summed E-state index contributed by atoms with van der Waals surface area (Å²) >= 11 is 0. The summed E-state index contributed by atoms with van der Waals surface area (Å²) in [5.41, 5.74) is 4.94. The molecule has 0 aliphatic rings. The van der Waals surface area contributed by atoms with Crippen LogP contribution in [0.3, 0.4) is 0 Å². The van der Waals surface area contributed by atoms with Gasteiger partial charge in [0.1, 0.15) is 6.04 Å². The van der Waals surface area contributed by atoms with Crippen LogP contribution in [0.4, 0.5) is 26.3 Å². The molecule has 4 nitrogen and oxygen atoms in total. The van der Waals surface area contributed by atoms with Crippen LogP contribution in [-0.4, -0.2) is 42.7 Å². The first kappa shape index (κ1) is 17.0. The first-order valence-electron chi connectivity index (χ1n) is 4.65. The fourth-order valence-electron chi connectivity index (χ4n) is 0.996. The smallest absolute Gasteiger partial charge is 0.400 e. The minimum atomic E-state index is -5.42. The van der Waals surface area contributed by atoms with Gasteiger partial charge in [-0.05, 0) is 6.42 Å². The van der Waals surface area contributed by atoms with Gasteiger partial charge in [0.2, 0.25) is 0 Å². The van der Waals surface area contributed by atoms with E-state index in [1.165, 1.54) is 0 Å². The lowest BCUT2D eigenvalue weighted by atomic mass is 10.1. The summed E-state index contributed by atoms with van der Waals surface area (Å²) in [5, 5.41) is 8.28. The summed E-state index contributed by atoms with van der Waals surface area (Å²) in [5.74, 6) is -4.95. The Morgan fingerprint density at radius 1 is 1.17 bits per heavy atom. The molecule has 0 aromatic carbocycles. The molecule has 108 valence electrons. The number of rotatable bonds is 6. The van der Waals surface area contributed by atoms with Crippen molar-refractivity contribution in [3.05, 3.63) is 0 Å². The Morgan fingerprint density at radius 2 is 1.61 bits per heavy atom. The molecule has 10 heteroatoms. The highest BCUT2D eigenvalue weighted by Crippen LogP contribution is 2.41. The Morgan fingerprint density at radius 3 is 1.94 bits per heavy atom. The van der Waals surface area contributed by atoms with Crippen molar-refractivity contribution in [3.8, 4) is 0 Å². The van der Waals surface area contributed by atoms with Crippen molar-refractivity contribution in [3.63, 3.8) is 0 Å². The van der Waals surface area contributed by atoms with E-state index < -0.39 is 49.9 Å². The zero-order chi connectivity index (χ0) is 14.6. The second kappa shape index (κ2) is 6.23. The molecule has 1 atom stereocenters. The Bertz CT molecular complexity index is 263. The Kier molecular flexibility index (Phi) is 5.87. The van der Waals surface area contributed by atoms with Gasteiger partial charge in [-0.3, -0.25) is 4.79 Å². The molecule has 0 aromatic rings. The van der Waals surface area contributed by atoms with E-state index in [0.717, 1.165) is 0 Å². The minimum absolute atomic E-state index is 0.655. The number of carbonyl (C=O) groups is 1. The van der Waals surface area contributed by atoms with Crippen LogP contribution in [0.25, 0.3) is 0 Å². The first-order chi connectivity index (χ1) is 7.96. The summed E-state index contributed by atoms with van der Waals surface area (Å²) in [7, 11) is 0. The molecule has 0 rings (SSSR count). The number of carboxylic acid groups (broad SMARTS) is 1. The molecule has 0 fully saturated rings. The zero-order valence-electron chi connectivity index (χ0n) is 8.88. The maximum Gasteiger partial charge on any atom is 0.400 e. The normalized spacial score (nSPS) is 14.9. The average molecular weight is 283 g/mol. The van der Waals surface area contributed by atoms with Crippen molar-refractivity contribution in [2.24, 2.45) is 11.7 Å². The van der Waals surface area contributed by atoms with Crippen LogP contribution in [0.15, 0.2) is 0 Å². The van der Waals surface area contributed by atoms with Crippen LogP contribution in [-0.2, 0) is 9.53 Å². The van der Waals surface area contributed by atoms with Crippen LogP contribution in [0.5, 0.6) is 0 Å². The predicted octanol–water partition coefficient (Wildman–Crippen LogP) is 1.55. The van der Waals surface area contributed by atoms with Gasteiger partial charge in [0.25, 0.3) is 0 Å². The summed E-state index contributed by atoms with van der Waals surface area (Å²) in [6, 6.07) is -1.49. The van der Waals surface area contributed by atoms with Gasteiger partial charge in [0, 0.05) is 6.61 Å². The number of hydrogen-bond acceptors (Lipinski definition) is 3. The molecule has 3 N–H and O–H groups in total. The number of carboxylic acids is 1. The molecule has 18 heavy (non-hydrogen) atoms. The van der Waals surface area contributed by atoms with E-state index in [9.17, 15) is 31.1 Å². The van der Waals surface area contributed by atoms with Crippen LogP contribution in [0.1, 0.15) is 6.42 Å². The maximum atomic E-state index is 12.0. The highest BCUT2D eigenvalue weighted by molar-refractivity contribution is 5.73. The largest absolute Gasteiger partial charge is 0.480 e. The third kappa shape index (κ3) is 6.05. The lowest BCUT2D eigenvalue weighted by molar-refractivity contribution is -0.287. The Hall–Kier alpha value is -1.03. The van der Waals surface area contributed by atoms with E-state index in [0.29, 0.717) is 0 Å². The van der Waals surface area contributed by atoms with E-state index in [4.69, 9.17) is 10.8 Å². The molecule has 0 heterocycles. The van der Waals surface area contributed by atoms with Gasteiger partial charge in [-0.25, -0.2) is 0 Å². The van der Waals surface area contributed by atoms with Crippen LogP contribution >= 0.6 is 0 Å². The summed E-state index contributed by atoms with van der Waals surface area (Å²) in [6.45, 7) is -1.54. The van der Waals surface area contributed by atoms with Gasteiger partial charge >= 0.3 is 18.3 Å². The second-order valence-electron chi connectivity index (χ2n) is 3.44. The third-order valence-electron chi connectivity index (χ3n) is 1.96. The number of nitrogens with two attached hydrogens (primary N) is 1. The quantitative estimate of drug-likeness (QED) is 0.573. The third-order valence-corrected chi connectivity index (χ3v) is 1.96. The van der Waals surface area contributed by atoms with Crippen molar-refractivity contribution in [1.29, 1.82) is 0 Å². The summed E-state index contributed by atoms with van der Waals surface area (Å²) in [4.78, 5) is 10.2. The zero-order valence-corrected chi connectivity index (χ0v) is 8.88. The van der Waals surface area contributed by atoms with E-state index >= 15 is 0 Å². The fourth-order valence-corrected chi connectivity index (χ4v) is 0.996. The topological polar surface area (TPSA) is 72.5 Å². The molecule has 0 aliphatic carbocycles. The van der Waals surface area contributed by atoms with Gasteiger partial charge in [-0.2, -0.15) is 26.3 Å². The number of alkyl halides is 6. The van der Waals surface area contributed by atoms with Gasteiger partial charge in [0.05, 0.1) is 6.61 Å². The number of aliphatic carboxylic acids is 1. The van der Waals surface area contributed by atoms with E-state index in [2.05, 4.69) is 4.74 Å². The van der Waals surface area contributed by atoms with Crippen LogP contribution in [0, 0.1) is 5.92 Å². The standard InChI is InChI=1S/C8H11F6NO3/c9-7(10,11)5(8(12,13)14)1-2-18-3-4(15)6(16)17/h4-5H,1-3,15H2,(H,16,17)/t4-/m0/s1. The Labute approximate surface area is 97.7 Å². The predicted molar refractivity (Wildman–Crippen MR) is 46.6 cm³/mol. The second-order valence-corrected chi connectivity index (χ2v) is 3.44. The van der Waals surface area contributed by atoms with Gasteiger partial charge < -0.3 is 15.6 Å².